The van der Waals surface area contributed by atoms with E-state index in [1.807, 2.05) is 0 Å². The summed E-state index contributed by atoms with van der Waals surface area (Å²) in [4.78, 5) is 0. The number of benzene rings is 1. The maximum Gasteiger partial charge on any atom is 0.119 e. The van der Waals surface area contributed by atoms with Crippen LogP contribution in [0, 0.1) is 22.7 Å². The molecule has 23 heavy (non-hydrogen) atoms. The van der Waals surface area contributed by atoms with E-state index in [0.717, 1.165) is 5.56 Å². The van der Waals surface area contributed by atoms with Crippen molar-refractivity contribution >= 4 is 0 Å². The van der Waals surface area contributed by atoms with Gasteiger partial charge in [0.05, 0.1) is 0 Å². The Bertz CT molecular complexity index is 606. The number of rotatable bonds is 1. The Labute approximate surface area is 140 Å². The highest BCUT2D eigenvalue weighted by Crippen LogP contribution is 2.66. The largest absolute Gasteiger partial charge is 0.508 e. The van der Waals surface area contributed by atoms with Gasteiger partial charge in [0.25, 0.3) is 0 Å². The number of phenolic OH excluding ortho intramolecular Hbond substituents is 2. The molecule has 1 aromatic rings. The highest BCUT2D eigenvalue weighted by atomic mass is 16.3. The first-order valence-corrected chi connectivity index (χ1v) is 9.15. The third kappa shape index (κ3) is 2.21. The molecule has 0 aliphatic heterocycles. The molecule has 2 fully saturated rings. The predicted molar refractivity (Wildman–Crippen MR) is 94.8 cm³/mol. The zero-order chi connectivity index (χ0) is 17.0. The summed E-state index contributed by atoms with van der Waals surface area (Å²) in [6.07, 6.45) is 6.21. The standard InChI is InChI=1S/C21H32O2/c1-14-10-12-20(4)18(7-6-11-19(20,2)3)21(14,5)16-13-15(22)8-9-17(16)23/h8-9,13-14,18,22-23H,6-7,10-12H2,1-5H3/t14-,18?,20+,21-/m0/s1. The Kier molecular flexibility index (Phi) is 3.74. The number of hydrogen-bond acceptors (Lipinski definition) is 2. The van der Waals surface area contributed by atoms with Crippen molar-refractivity contribution < 1.29 is 10.2 Å². The van der Waals surface area contributed by atoms with E-state index < -0.39 is 0 Å². The number of hydrogen-bond donors (Lipinski definition) is 2. The molecule has 2 heteroatoms. The van der Waals surface area contributed by atoms with Crippen LogP contribution in [0.25, 0.3) is 0 Å². The van der Waals surface area contributed by atoms with Crippen molar-refractivity contribution in [2.45, 2.75) is 72.1 Å². The monoisotopic (exact) mass is 316 g/mol. The van der Waals surface area contributed by atoms with Crippen molar-refractivity contribution in [3.05, 3.63) is 23.8 Å². The maximum absolute atomic E-state index is 10.6. The van der Waals surface area contributed by atoms with Crippen molar-refractivity contribution in [2.24, 2.45) is 22.7 Å². The van der Waals surface area contributed by atoms with Crippen LogP contribution in [0.4, 0.5) is 0 Å². The topological polar surface area (TPSA) is 40.5 Å². The Balaban J connectivity index is 2.17. The second kappa shape index (κ2) is 5.16. The SMILES string of the molecule is C[C@H]1CC[C@]2(C)C(CCCC2(C)C)[C@]1(C)c1cc(O)ccc1O. The average Bonchev–Trinajstić information content (AvgIpc) is 2.48. The van der Waals surface area contributed by atoms with Crippen LogP contribution in [0.15, 0.2) is 18.2 Å². The van der Waals surface area contributed by atoms with Gasteiger partial charge in [-0.1, -0.05) is 41.0 Å². The second-order valence-corrected chi connectivity index (χ2v) is 9.17. The molecule has 128 valence electrons. The van der Waals surface area contributed by atoms with Crippen molar-refractivity contribution in [1.29, 1.82) is 0 Å². The number of aromatic hydroxyl groups is 2. The number of phenols is 2. The van der Waals surface area contributed by atoms with Crippen molar-refractivity contribution in [2.75, 3.05) is 0 Å². The molecule has 1 unspecified atom stereocenters. The predicted octanol–water partition coefficient (Wildman–Crippen LogP) is 5.62. The van der Waals surface area contributed by atoms with E-state index in [4.69, 9.17) is 0 Å². The van der Waals surface area contributed by atoms with Crippen LogP contribution < -0.4 is 0 Å². The first-order valence-electron chi connectivity index (χ1n) is 9.15. The second-order valence-electron chi connectivity index (χ2n) is 9.17. The van der Waals surface area contributed by atoms with Gasteiger partial charge in [0, 0.05) is 11.0 Å². The van der Waals surface area contributed by atoms with Gasteiger partial charge in [-0.2, -0.15) is 0 Å². The minimum absolute atomic E-state index is 0.0898. The molecule has 1 aromatic carbocycles. The molecule has 0 bridgehead atoms. The summed E-state index contributed by atoms with van der Waals surface area (Å²) >= 11 is 0. The minimum atomic E-state index is -0.0898. The zero-order valence-corrected chi connectivity index (χ0v) is 15.3. The fourth-order valence-corrected chi connectivity index (χ4v) is 5.87. The maximum atomic E-state index is 10.6. The summed E-state index contributed by atoms with van der Waals surface area (Å²) < 4.78 is 0. The molecular formula is C21H32O2. The van der Waals surface area contributed by atoms with E-state index in [-0.39, 0.29) is 16.6 Å². The van der Waals surface area contributed by atoms with Gasteiger partial charge in [-0.3, -0.25) is 0 Å². The van der Waals surface area contributed by atoms with Crippen LogP contribution in [0.5, 0.6) is 11.5 Å². The van der Waals surface area contributed by atoms with Gasteiger partial charge >= 0.3 is 0 Å². The molecule has 2 aliphatic rings. The third-order valence-electron chi connectivity index (χ3n) is 8.01. The Morgan fingerprint density at radius 2 is 1.70 bits per heavy atom. The lowest BCUT2D eigenvalue weighted by molar-refractivity contribution is -0.111. The van der Waals surface area contributed by atoms with Gasteiger partial charge in [0.15, 0.2) is 0 Å². The average molecular weight is 316 g/mol. The summed E-state index contributed by atoms with van der Waals surface area (Å²) in [6, 6.07) is 5.04. The van der Waals surface area contributed by atoms with Gasteiger partial charge in [0.2, 0.25) is 0 Å². The highest BCUT2D eigenvalue weighted by molar-refractivity contribution is 5.45. The summed E-state index contributed by atoms with van der Waals surface area (Å²) in [5, 5.41) is 20.6. The highest BCUT2D eigenvalue weighted by Gasteiger charge is 2.59. The van der Waals surface area contributed by atoms with Gasteiger partial charge in [0.1, 0.15) is 11.5 Å². The molecule has 2 aliphatic carbocycles. The van der Waals surface area contributed by atoms with E-state index in [2.05, 4.69) is 34.6 Å². The molecule has 2 saturated carbocycles. The summed E-state index contributed by atoms with van der Waals surface area (Å²) in [5.41, 5.74) is 1.46. The summed E-state index contributed by atoms with van der Waals surface area (Å²) in [5.74, 6) is 1.63. The lowest BCUT2D eigenvalue weighted by atomic mass is 9.41. The van der Waals surface area contributed by atoms with E-state index in [0.29, 0.717) is 23.0 Å². The summed E-state index contributed by atoms with van der Waals surface area (Å²) in [6.45, 7) is 12.0. The molecule has 2 N–H and O–H groups in total. The van der Waals surface area contributed by atoms with Gasteiger partial charge in [-0.05, 0) is 66.5 Å². The minimum Gasteiger partial charge on any atom is -0.508 e. The Morgan fingerprint density at radius 3 is 2.39 bits per heavy atom. The van der Waals surface area contributed by atoms with Crippen LogP contribution in [-0.2, 0) is 5.41 Å². The molecule has 0 saturated heterocycles. The van der Waals surface area contributed by atoms with E-state index in [1.165, 1.54) is 32.1 Å². The number of fused-ring (bicyclic) bond motifs is 1. The molecule has 0 spiro atoms. The third-order valence-corrected chi connectivity index (χ3v) is 8.01. The fourth-order valence-electron chi connectivity index (χ4n) is 5.87. The van der Waals surface area contributed by atoms with Crippen LogP contribution in [0.3, 0.4) is 0 Å². The molecule has 0 radical (unpaired) electrons. The van der Waals surface area contributed by atoms with Crippen molar-refractivity contribution in [3.8, 4) is 11.5 Å². The fraction of sp³-hybridized carbons (Fsp3) is 0.714. The van der Waals surface area contributed by atoms with Crippen LogP contribution in [0.2, 0.25) is 0 Å². The van der Waals surface area contributed by atoms with E-state index >= 15 is 0 Å². The molecular weight excluding hydrogens is 284 g/mol. The van der Waals surface area contributed by atoms with Crippen LogP contribution >= 0.6 is 0 Å². The quantitative estimate of drug-likeness (QED) is 0.660. The van der Waals surface area contributed by atoms with Crippen LogP contribution in [-0.4, -0.2) is 10.2 Å². The van der Waals surface area contributed by atoms with E-state index in [1.54, 1.807) is 18.2 Å². The molecule has 2 nitrogen and oxygen atoms in total. The van der Waals surface area contributed by atoms with Gasteiger partial charge in [-0.25, -0.2) is 0 Å². The van der Waals surface area contributed by atoms with Crippen LogP contribution in [0.1, 0.15) is 72.3 Å². The smallest absolute Gasteiger partial charge is 0.119 e. The van der Waals surface area contributed by atoms with Crippen molar-refractivity contribution in [1.82, 2.24) is 0 Å². The van der Waals surface area contributed by atoms with Gasteiger partial charge in [-0.15, -0.1) is 0 Å². The first kappa shape index (κ1) is 16.7. The Morgan fingerprint density at radius 1 is 1.00 bits per heavy atom. The molecule has 3 rings (SSSR count). The zero-order valence-electron chi connectivity index (χ0n) is 15.3. The van der Waals surface area contributed by atoms with E-state index in [9.17, 15) is 10.2 Å². The normalized spacial score (nSPS) is 39.7. The Hall–Kier alpha value is -1.18. The molecule has 0 amide bonds. The van der Waals surface area contributed by atoms with Crippen molar-refractivity contribution in [3.63, 3.8) is 0 Å². The first-order chi connectivity index (χ1) is 10.6. The molecule has 0 aromatic heterocycles. The molecule has 0 heterocycles. The lowest BCUT2D eigenvalue weighted by Crippen LogP contribution is -2.57. The van der Waals surface area contributed by atoms with Gasteiger partial charge < -0.3 is 10.2 Å². The lowest BCUT2D eigenvalue weighted by Gasteiger charge is -2.64. The molecule has 4 atom stereocenters. The summed E-state index contributed by atoms with van der Waals surface area (Å²) in [7, 11) is 0.